The quantitative estimate of drug-likeness (QED) is 0.416. The van der Waals surface area contributed by atoms with Crippen molar-refractivity contribution < 1.29 is 14.4 Å². The summed E-state index contributed by atoms with van der Waals surface area (Å²) in [6, 6.07) is 23.7. The molecule has 0 spiro atoms. The highest BCUT2D eigenvalue weighted by Crippen LogP contribution is 2.15. The van der Waals surface area contributed by atoms with E-state index in [-0.39, 0.29) is 24.3 Å². The van der Waals surface area contributed by atoms with E-state index in [1.807, 2.05) is 30.3 Å². The zero-order valence-corrected chi connectivity index (χ0v) is 17.9. The van der Waals surface area contributed by atoms with E-state index in [2.05, 4.69) is 21.3 Å². The average molecular weight is 431 g/mol. The number of hydrogen-bond acceptors (Lipinski definition) is 4. The Bertz CT molecular complexity index is 1050. The third-order valence-corrected chi connectivity index (χ3v) is 4.76. The van der Waals surface area contributed by atoms with E-state index in [4.69, 9.17) is 0 Å². The van der Waals surface area contributed by atoms with Gasteiger partial charge in [0, 0.05) is 36.1 Å². The van der Waals surface area contributed by atoms with Crippen molar-refractivity contribution in [2.45, 2.75) is 12.8 Å². The molecule has 0 aliphatic rings. The van der Waals surface area contributed by atoms with Crippen LogP contribution in [0, 0.1) is 0 Å². The van der Waals surface area contributed by atoms with Gasteiger partial charge in [0.1, 0.15) is 0 Å². The molecule has 7 nitrogen and oxygen atoms in total. The van der Waals surface area contributed by atoms with Crippen LogP contribution in [-0.4, -0.2) is 31.3 Å². The van der Waals surface area contributed by atoms with Gasteiger partial charge in [0.15, 0.2) is 0 Å². The zero-order chi connectivity index (χ0) is 22.8. The molecule has 0 atom stereocenters. The van der Waals surface area contributed by atoms with Crippen LogP contribution in [-0.2, 0) is 16.0 Å². The van der Waals surface area contributed by atoms with E-state index in [0.29, 0.717) is 29.8 Å². The van der Waals surface area contributed by atoms with E-state index < -0.39 is 0 Å². The minimum absolute atomic E-state index is 0.0581. The summed E-state index contributed by atoms with van der Waals surface area (Å²) in [6.45, 7) is 0.0806. The molecule has 3 aromatic rings. The second-order valence-electron chi connectivity index (χ2n) is 7.17. The van der Waals surface area contributed by atoms with Crippen LogP contribution in [0.4, 0.5) is 17.1 Å². The molecule has 0 unspecified atom stereocenters. The molecule has 0 bridgehead atoms. The number of hydrogen-bond donors (Lipinski definition) is 4. The largest absolute Gasteiger partial charge is 0.376 e. The third-order valence-electron chi connectivity index (χ3n) is 4.76. The van der Waals surface area contributed by atoms with Crippen LogP contribution in [0.15, 0.2) is 78.9 Å². The number of aryl methyl sites for hydroxylation is 1. The van der Waals surface area contributed by atoms with Crippen LogP contribution >= 0.6 is 0 Å². The lowest BCUT2D eigenvalue weighted by Gasteiger charge is -2.10. The van der Waals surface area contributed by atoms with Gasteiger partial charge in [-0.2, -0.15) is 0 Å². The van der Waals surface area contributed by atoms with Gasteiger partial charge in [-0.3, -0.25) is 14.4 Å². The van der Waals surface area contributed by atoms with Gasteiger partial charge in [-0.05, 0) is 60.5 Å². The standard InChI is InChI=1S/C25H26N4O3/c1-26-25(32)19-8-10-20(11-9-19)27-17-24(31)29-22-14-12-21(13-15-22)28-23(30)16-7-18-5-3-2-4-6-18/h2-6,8-15,27H,7,16-17H2,1H3,(H,26,32)(H,28,30)(H,29,31). The predicted octanol–water partition coefficient (Wildman–Crippen LogP) is 3.67. The molecule has 3 amide bonds. The molecule has 3 aromatic carbocycles. The highest BCUT2D eigenvalue weighted by molar-refractivity contribution is 5.96. The van der Waals surface area contributed by atoms with Crippen molar-refractivity contribution in [3.05, 3.63) is 90.0 Å². The van der Waals surface area contributed by atoms with E-state index >= 15 is 0 Å². The summed E-state index contributed by atoms with van der Waals surface area (Å²) < 4.78 is 0. The summed E-state index contributed by atoms with van der Waals surface area (Å²) in [4.78, 5) is 35.9. The van der Waals surface area contributed by atoms with Crippen LogP contribution in [0.1, 0.15) is 22.3 Å². The summed E-state index contributed by atoms with van der Waals surface area (Å²) in [7, 11) is 1.57. The Labute approximate surface area is 187 Å². The predicted molar refractivity (Wildman–Crippen MR) is 127 cm³/mol. The molecular weight excluding hydrogens is 404 g/mol. The number of carbonyl (C=O) groups excluding carboxylic acids is 3. The zero-order valence-electron chi connectivity index (χ0n) is 17.9. The van der Waals surface area contributed by atoms with Crippen LogP contribution < -0.4 is 21.3 Å². The van der Waals surface area contributed by atoms with E-state index in [1.54, 1.807) is 55.6 Å². The first-order chi connectivity index (χ1) is 15.5. The molecule has 0 saturated carbocycles. The summed E-state index contributed by atoms with van der Waals surface area (Å²) >= 11 is 0. The minimum atomic E-state index is -0.208. The molecule has 0 saturated heterocycles. The van der Waals surface area contributed by atoms with Crippen molar-refractivity contribution in [3.63, 3.8) is 0 Å². The molecular formula is C25H26N4O3. The lowest BCUT2D eigenvalue weighted by atomic mass is 10.1. The topological polar surface area (TPSA) is 99.3 Å². The van der Waals surface area contributed by atoms with E-state index in [1.165, 1.54) is 0 Å². The normalized spacial score (nSPS) is 10.2. The van der Waals surface area contributed by atoms with Gasteiger partial charge in [-0.25, -0.2) is 0 Å². The maximum absolute atomic E-state index is 12.2. The Kier molecular flexibility index (Phi) is 7.97. The fourth-order valence-corrected chi connectivity index (χ4v) is 3.03. The molecule has 3 rings (SSSR count). The highest BCUT2D eigenvalue weighted by atomic mass is 16.2. The molecule has 0 radical (unpaired) electrons. The monoisotopic (exact) mass is 430 g/mol. The van der Waals surface area contributed by atoms with Crippen LogP contribution in [0.3, 0.4) is 0 Å². The van der Waals surface area contributed by atoms with Crippen LogP contribution in [0.5, 0.6) is 0 Å². The van der Waals surface area contributed by atoms with Crippen molar-refractivity contribution in [3.8, 4) is 0 Å². The lowest BCUT2D eigenvalue weighted by molar-refractivity contribution is -0.116. The lowest BCUT2D eigenvalue weighted by Crippen LogP contribution is -2.22. The first-order valence-electron chi connectivity index (χ1n) is 10.3. The van der Waals surface area contributed by atoms with Crippen LogP contribution in [0.2, 0.25) is 0 Å². The highest BCUT2D eigenvalue weighted by Gasteiger charge is 2.06. The Morgan fingerprint density at radius 3 is 1.84 bits per heavy atom. The number of carbonyl (C=O) groups is 3. The maximum Gasteiger partial charge on any atom is 0.251 e. The SMILES string of the molecule is CNC(=O)c1ccc(NCC(=O)Nc2ccc(NC(=O)CCc3ccccc3)cc2)cc1. The van der Waals surface area contributed by atoms with Crippen molar-refractivity contribution in [1.29, 1.82) is 0 Å². The molecule has 0 aromatic heterocycles. The van der Waals surface area contributed by atoms with E-state index in [0.717, 1.165) is 11.3 Å². The van der Waals surface area contributed by atoms with Gasteiger partial charge in [0.05, 0.1) is 6.54 Å². The summed E-state index contributed by atoms with van der Waals surface area (Å²) in [5, 5.41) is 11.2. The van der Waals surface area contributed by atoms with Gasteiger partial charge < -0.3 is 21.3 Å². The van der Waals surface area contributed by atoms with Gasteiger partial charge in [-0.15, -0.1) is 0 Å². The summed E-state index contributed by atoms with van der Waals surface area (Å²) in [5.74, 6) is -0.428. The molecule has 0 fully saturated rings. The molecule has 0 heterocycles. The Morgan fingerprint density at radius 1 is 0.688 bits per heavy atom. The smallest absolute Gasteiger partial charge is 0.251 e. The number of amides is 3. The average Bonchev–Trinajstić information content (AvgIpc) is 2.83. The fraction of sp³-hybridized carbons (Fsp3) is 0.160. The van der Waals surface area contributed by atoms with Crippen molar-refractivity contribution in [2.24, 2.45) is 0 Å². The van der Waals surface area contributed by atoms with Crippen molar-refractivity contribution in [1.82, 2.24) is 5.32 Å². The summed E-state index contributed by atoms with van der Waals surface area (Å²) in [5.41, 5.74) is 3.72. The second-order valence-corrected chi connectivity index (χ2v) is 7.17. The number of rotatable bonds is 9. The van der Waals surface area contributed by atoms with Gasteiger partial charge in [-0.1, -0.05) is 30.3 Å². The van der Waals surface area contributed by atoms with Gasteiger partial charge >= 0.3 is 0 Å². The first-order valence-corrected chi connectivity index (χ1v) is 10.3. The van der Waals surface area contributed by atoms with Crippen molar-refractivity contribution in [2.75, 3.05) is 29.5 Å². The minimum Gasteiger partial charge on any atom is -0.376 e. The molecule has 32 heavy (non-hydrogen) atoms. The molecule has 0 aliphatic carbocycles. The molecule has 0 aliphatic heterocycles. The second kappa shape index (κ2) is 11.3. The third kappa shape index (κ3) is 6.98. The molecule has 164 valence electrons. The van der Waals surface area contributed by atoms with E-state index in [9.17, 15) is 14.4 Å². The van der Waals surface area contributed by atoms with Crippen LogP contribution in [0.25, 0.3) is 0 Å². The van der Waals surface area contributed by atoms with Gasteiger partial charge in [0.2, 0.25) is 11.8 Å². The number of nitrogens with one attached hydrogen (secondary N) is 4. The maximum atomic E-state index is 12.2. The fourth-order valence-electron chi connectivity index (χ4n) is 3.03. The Morgan fingerprint density at radius 2 is 1.25 bits per heavy atom. The Hall–Kier alpha value is -4.13. The Balaban J connectivity index is 1.42. The number of anilines is 3. The molecule has 7 heteroatoms. The van der Waals surface area contributed by atoms with Gasteiger partial charge in [0.25, 0.3) is 5.91 Å². The number of benzene rings is 3. The summed E-state index contributed by atoms with van der Waals surface area (Å²) in [6.07, 6.45) is 1.08. The van der Waals surface area contributed by atoms with Crippen molar-refractivity contribution >= 4 is 34.8 Å². The molecule has 4 N–H and O–H groups in total. The first kappa shape index (κ1) is 22.6.